The summed E-state index contributed by atoms with van der Waals surface area (Å²) < 4.78 is 0. The van der Waals surface area contributed by atoms with Crippen molar-refractivity contribution >= 4 is 68.6 Å². The van der Waals surface area contributed by atoms with Gasteiger partial charge in [0.2, 0.25) is 0 Å². The lowest BCUT2D eigenvalue weighted by Gasteiger charge is -2.51. The summed E-state index contributed by atoms with van der Waals surface area (Å²) in [6.07, 6.45) is 5.95. The van der Waals surface area contributed by atoms with E-state index in [4.69, 9.17) is 0 Å². The standard InChI is InChI=1S/C78H84BN3/c1-46-37-67-70-68(38-46)81(64-44-58-57(39-47(64)2)75(12,13)52-27-20-21-28-53(52)76(58,14)15)65-41-49(82-62-34-31-48(71(3,4)5)40-59(62)77(16)35-22-23-36-78(77,82)17)32-33-60(65)79(70)61-42-55-56(73(8,9)45-72(55,6)7)43-66(61)80(67)63-30-24-29-54-69(63)50-25-18-19-26-51(50)74(54,10)11/h18-21,24-34,37-44H,22-23,35-36,45H2,1-17H3. The second-order valence-corrected chi connectivity index (χ2v) is 30.9. The van der Waals surface area contributed by atoms with E-state index < -0.39 is 0 Å². The lowest BCUT2D eigenvalue weighted by atomic mass is 9.33. The summed E-state index contributed by atoms with van der Waals surface area (Å²) in [5.41, 5.74) is 33.7. The first-order valence-corrected chi connectivity index (χ1v) is 31.1. The normalized spacial score (nSPS) is 22.7. The van der Waals surface area contributed by atoms with Crippen LogP contribution < -0.4 is 31.1 Å². The first-order chi connectivity index (χ1) is 38.6. The van der Waals surface area contributed by atoms with E-state index in [1.54, 1.807) is 0 Å². The molecule has 414 valence electrons. The zero-order chi connectivity index (χ0) is 57.5. The molecule has 4 heteroatoms. The molecule has 8 aromatic carbocycles. The Bertz CT molecular complexity index is 4140. The zero-order valence-corrected chi connectivity index (χ0v) is 52.2. The largest absolute Gasteiger partial charge is 0.334 e. The molecule has 1 saturated carbocycles. The summed E-state index contributed by atoms with van der Waals surface area (Å²) in [6.45, 7) is 41.8. The molecule has 3 nitrogen and oxygen atoms in total. The molecule has 0 spiro atoms. The van der Waals surface area contributed by atoms with Crippen molar-refractivity contribution in [2.24, 2.45) is 0 Å². The highest BCUT2D eigenvalue weighted by Crippen LogP contribution is 2.63. The lowest BCUT2D eigenvalue weighted by molar-refractivity contribution is 0.195. The average molecular weight is 1070 g/mol. The van der Waals surface area contributed by atoms with Crippen molar-refractivity contribution in [2.75, 3.05) is 14.7 Å². The monoisotopic (exact) mass is 1070 g/mol. The Morgan fingerprint density at radius 1 is 0.427 bits per heavy atom. The second kappa shape index (κ2) is 16.3. The lowest BCUT2D eigenvalue weighted by Crippen LogP contribution is -2.61. The van der Waals surface area contributed by atoms with Crippen LogP contribution in [0.15, 0.2) is 140 Å². The molecule has 3 aliphatic heterocycles. The van der Waals surface area contributed by atoms with Crippen molar-refractivity contribution in [1.29, 1.82) is 0 Å². The Morgan fingerprint density at radius 2 is 1.00 bits per heavy atom. The smallest absolute Gasteiger partial charge is 0.252 e. The maximum absolute atomic E-state index is 2.83. The van der Waals surface area contributed by atoms with E-state index in [1.165, 1.54) is 159 Å². The molecule has 0 saturated heterocycles. The van der Waals surface area contributed by atoms with Gasteiger partial charge < -0.3 is 14.7 Å². The molecule has 82 heavy (non-hydrogen) atoms. The van der Waals surface area contributed by atoms with Gasteiger partial charge in [-0.1, -0.05) is 201 Å². The van der Waals surface area contributed by atoms with Crippen LogP contribution in [0.3, 0.4) is 0 Å². The molecule has 4 aliphatic carbocycles. The molecule has 1 fully saturated rings. The first-order valence-electron chi connectivity index (χ1n) is 31.1. The van der Waals surface area contributed by atoms with E-state index in [2.05, 4.69) is 272 Å². The third-order valence-electron chi connectivity index (χ3n) is 22.9. The van der Waals surface area contributed by atoms with Crippen LogP contribution in [-0.2, 0) is 37.9 Å². The SMILES string of the molecule is Cc1cc2c3c(c1)N(c1cccc4c1-c1ccccc1C4(C)C)c1cc4c(cc1B3c1ccc(N3c5ccc(C(C)(C)C)cc5C5(C)CCCCC35C)cc1N2c1cc2c(cc1C)C(C)(C)c1ccccc1C2(C)C)C(C)(C)CC4(C)C. The molecule has 0 N–H and O–H groups in total. The van der Waals surface area contributed by atoms with Gasteiger partial charge in [0.1, 0.15) is 0 Å². The fraction of sp³-hybridized carbons (Fsp3) is 0.385. The maximum Gasteiger partial charge on any atom is 0.252 e. The average Bonchev–Trinajstić information content (AvgIpc) is 1.61. The minimum atomic E-state index is -0.224. The predicted octanol–water partition coefficient (Wildman–Crippen LogP) is 18.7. The number of anilines is 8. The Kier molecular flexibility index (Phi) is 10.4. The summed E-state index contributed by atoms with van der Waals surface area (Å²) in [4.78, 5) is 8.34. The number of rotatable bonds is 3. The van der Waals surface area contributed by atoms with Crippen LogP contribution in [0.5, 0.6) is 0 Å². The molecule has 0 aromatic heterocycles. The molecule has 8 aromatic rings. The molecule has 7 aliphatic rings. The van der Waals surface area contributed by atoms with Crippen molar-refractivity contribution in [3.8, 4) is 11.1 Å². The summed E-state index contributed by atoms with van der Waals surface area (Å²) in [5.74, 6) is 0. The van der Waals surface area contributed by atoms with Gasteiger partial charge in [-0.15, -0.1) is 0 Å². The quantitative estimate of drug-likeness (QED) is 0.163. The number of aryl methyl sites for hydroxylation is 2. The Balaban J connectivity index is 1.05. The van der Waals surface area contributed by atoms with Crippen LogP contribution in [-0.4, -0.2) is 12.3 Å². The summed E-state index contributed by atoms with van der Waals surface area (Å²) in [5, 5.41) is 0. The zero-order valence-electron chi connectivity index (χ0n) is 52.2. The van der Waals surface area contributed by atoms with Crippen LogP contribution in [0, 0.1) is 13.8 Å². The third kappa shape index (κ3) is 6.56. The third-order valence-corrected chi connectivity index (χ3v) is 22.9. The van der Waals surface area contributed by atoms with Crippen molar-refractivity contribution in [1.82, 2.24) is 0 Å². The van der Waals surface area contributed by atoms with Gasteiger partial charge in [0, 0.05) is 67.0 Å². The number of hydrogen-bond acceptors (Lipinski definition) is 3. The number of nitrogens with zero attached hydrogens (tertiary/aromatic N) is 3. The van der Waals surface area contributed by atoms with Crippen LogP contribution in [0.2, 0.25) is 0 Å². The van der Waals surface area contributed by atoms with Crippen LogP contribution >= 0.6 is 0 Å². The molecule has 0 amide bonds. The van der Waals surface area contributed by atoms with Gasteiger partial charge in [-0.3, -0.25) is 0 Å². The summed E-state index contributed by atoms with van der Waals surface area (Å²) in [6, 6.07) is 56.7. The minimum Gasteiger partial charge on any atom is -0.334 e. The Morgan fingerprint density at radius 3 is 1.68 bits per heavy atom. The van der Waals surface area contributed by atoms with Crippen LogP contribution in [0.1, 0.15) is 203 Å². The fourth-order valence-corrected chi connectivity index (χ4v) is 18.6. The van der Waals surface area contributed by atoms with Crippen molar-refractivity contribution in [3.05, 3.63) is 206 Å². The van der Waals surface area contributed by atoms with E-state index >= 15 is 0 Å². The highest BCUT2D eigenvalue weighted by Gasteiger charge is 2.59. The van der Waals surface area contributed by atoms with E-state index in [-0.39, 0.29) is 50.2 Å². The molecule has 2 unspecified atom stereocenters. The summed E-state index contributed by atoms with van der Waals surface area (Å²) in [7, 11) is 0. The van der Waals surface area contributed by atoms with Crippen molar-refractivity contribution in [3.63, 3.8) is 0 Å². The van der Waals surface area contributed by atoms with E-state index in [9.17, 15) is 0 Å². The predicted molar refractivity (Wildman–Crippen MR) is 350 cm³/mol. The summed E-state index contributed by atoms with van der Waals surface area (Å²) >= 11 is 0. The van der Waals surface area contributed by atoms with Gasteiger partial charge in [0.25, 0.3) is 6.71 Å². The number of fused-ring (bicyclic) bond motifs is 13. The van der Waals surface area contributed by atoms with Gasteiger partial charge in [0.05, 0.1) is 11.2 Å². The van der Waals surface area contributed by atoms with Gasteiger partial charge in [-0.2, -0.15) is 0 Å². The molecular weight excluding hydrogens is 990 g/mol. The van der Waals surface area contributed by atoms with Crippen molar-refractivity contribution in [2.45, 2.75) is 193 Å². The Labute approximate surface area is 491 Å². The molecule has 3 heterocycles. The second-order valence-electron chi connectivity index (χ2n) is 30.9. The molecular formula is C78H84BN3. The highest BCUT2D eigenvalue weighted by atomic mass is 15.3. The molecule has 0 bridgehead atoms. The van der Waals surface area contributed by atoms with Crippen LogP contribution in [0.25, 0.3) is 11.1 Å². The topological polar surface area (TPSA) is 9.72 Å². The van der Waals surface area contributed by atoms with Crippen LogP contribution in [0.4, 0.5) is 45.5 Å². The van der Waals surface area contributed by atoms with Gasteiger partial charge >= 0.3 is 0 Å². The minimum absolute atomic E-state index is 0.000124. The molecule has 2 atom stereocenters. The van der Waals surface area contributed by atoms with Gasteiger partial charge in [-0.05, 0) is 194 Å². The highest BCUT2D eigenvalue weighted by molar-refractivity contribution is 7.00. The number of benzene rings is 8. The van der Waals surface area contributed by atoms with Crippen molar-refractivity contribution < 1.29 is 0 Å². The first kappa shape index (κ1) is 52.1. The van der Waals surface area contributed by atoms with E-state index in [0.29, 0.717) is 0 Å². The number of hydrogen-bond donors (Lipinski definition) is 0. The Hall–Kier alpha value is -6.78. The van der Waals surface area contributed by atoms with Gasteiger partial charge in [0.15, 0.2) is 0 Å². The molecule has 0 radical (unpaired) electrons. The van der Waals surface area contributed by atoms with Gasteiger partial charge in [-0.25, -0.2) is 0 Å². The van der Waals surface area contributed by atoms with E-state index in [0.717, 1.165) is 12.8 Å². The fourth-order valence-electron chi connectivity index (χ4n) is 18.6. The van der Waals surface area contributed by atoms with E-state index in [1.807, 2.05) is 0 Å². The maximum atomic E-state index is 2.83. The molecule has 15 rings (SSSR count).